The summed E-state index contributed by atoms with van der Waals surface area (Å²) in [5.41, 5.74) is 5.59. The minimum atomic E-state index is -3.73. The van der Waals surface area contributed by atoms with Crippen molar-refractivity contribution < 1.29 is 23.1 Å². The first-order valence-corrected chi connectivity index (χ1v) is 9.58. The van der Waals surface area contributed by atoms with Gasteiger partial charge in [-0.15, -0.1) is 0 Å². The van der Waals surface area contributed by atoms with Crippen molar-refractivity contribution in [3.63, 3.8) is 0 Å². The molecule has 0 bridgehead atoms. The van der Waals surface area contributed by atoms with E-state index in [1.165, 1.54) is 24.3 Å². The van der Waals surface area contributed by atoms with Crippen LogP contribution in [0.1, 0.15) is 18.1 Å². The maximum Gasteiger partial charge on any atom is 0.255 e. The SMILES string of the molecule is NC(=O)COc1ccc(S(=O)(=O)NCC[C@@H](O)c2cccc(Cl)c2)cc1. The van der Waals surface area contributed by atoms with E-state index in [1.807, 2.05) is 0 Å². The van der Waals surface area contributed by atoms with Gasteiger partial charge in [0.05, 0.1) is 11.0 Å². The van der Waals surface area contributed by atoms with Gasteiger partial charge in [-0.05, 0) is 48.4 Å². The van der Waals surface area contributed by atoms with Gasteiger partial charge < -0.3 is 15.6 Å². The number of ether oxygens (including phenoxy) is 1. The molecule has 2 aromatic carbocycles. The van der Waals surface area contributed by atoms with Crippen LogP contribution in [0.2, 0.25) is 5.02 Å². The number of aliphatic hydroxyl groups excluding tert-OH is 1. The lowest BCUT2D eigenvalue weighted by atomic mass is 10.1. The molecule has 0 aliphatic rings. The predicted octanol–water partition coefficient (Wildman–Crippen LogP) is 1.61. The number of halogens is 1. The third-order valence-electron chi connectivity index (χ3n) is 3.46. The van der Waals surface area contributed by atoms with Crippen molar-refractivity contribution in [1.82, 2.24) is 4.72 Å². The van der Waals surface area contributed by atoms with E-state index in [0.29, 0.717) is 16.3 Å². The number of hydrogen-bond donors (Lipinski definition) is 3. The molecule has 9 heteroatoms. The van der Waals surface area contributed by atoms with Gasteiger partial charge in [-0.3, -0.25) is 4.79 Å². The van der Waals surface area contributed by atoms with Gasteiger partial charge in [-0.1, -0.05) is 23.7 Å². The molecular weight excluding hydrogens is 380 g/mol. The van der Waals surface area contributed by atoms with Crippen LogP contribution in [0, 0.1) is 0 Å². The van der Waals surface area contributed by atoms with Crippen LogP contribution < -0.4 is 15.2 Å². The lowest BCUT2D eigenvalue weighted by Crippen LogP contribution is -2.26. The van der Waals surface area contributed by atoms with Crippen LogP contribution in [0.5, 0.6) is 5.75 Å². The highest BCUT2D eigenvalue weighted by molar-refractivity contribution is 7.89. The van der Waals surface area contributed by atoms with Gasteiger partial charge in [0.1, 0.15) is 5.75 Å². The highest BCUT2D eigenvalue weighted by atomic mass is 35.5. The van der Waals surface area contributed by atoms with Crippen LogP contribution in [0.25, 0.3) is 0 Å². The fraction of sp³-hybridized carbons (Fsp3) is 0.235. The summed E-state index contributed by atoms with van der Waals surface area (Å²) in [5.74, 6) is -0.291. The number of primary amides is 1. The molecule has 0 saturated carbocycles. The second-order valence-electron chi connectivity index (χ2n) is 5.48. The second kappa shape index (κ2) is 9.00. The second-order valence-corrected chi connectivity index (χ2v) is 7.69. The Labute approximate surface area is 156 Å². The van der Waals surface area contributed by atoms with Crippen LogP contribution in [-0.2, 0) is 14.8 Å². The molecule has 0 aliphatic carbocycles. The molecule has 0 aliphatic heterocycles. The monoisotopic (exact) mass is 398 g/mol. The predicted molar refractivity (Wildman–Crippen MR) is 97.3 cm³/mol. The smallest absolute Gasteiger partial charge is 0.255 e. The van der Waals surface area contributed by atoms with E-state index < -0.39 is 22.0 Å². The van der Waals surface area contributed by atoms with Crippen molar-refractivity contribution in [2.45, 2.75) is 17.4 Å². The zero-order valence-electron chi connectivity index (χ0n) is 13.8. The molecule has 4 N–H and O–H groups in total. The summed E-state index contributed by atoms with van der Waals surface area (Å²) in [4.78, 5) is 10.7. The standard InChI is InChI=1S/C17H19ClN2O5S/c18-13-3-1-2-12(10-13)16(21)8-9-20-26(23,24)15-6-4-14(5-7-15)25-11-17(19)22/h1-7,10,16,20-21H,8-9,11H2,(H2,19,22)/t16-/m1/s1. The van der Waals surface area contributed by atoms with Gasteiger partial charge in [0, 0.05) is 11.6 Å². The maximum absolute atomic E-state index is 12.3. The van der Waals surface area contributed by atoms with Gasteiger partial charge in [0.15, 0.2) is 6.61 Å². The number of nitrogens with one attached hydrogen (secondary N) is 1. The Morgan fingerprint density at radius 2 is 1.92 bits per heavy atom. The topological polar surface area (TPSA) is 119 Å². The van der Waals surface area contributed by atoms with Gasteiger partial charge in [0.2, 0.25) is 10.0 Å². The number of amides is 1. The summed E-state index contributed by atoms with van der Waals surface area (Å²) in [6.45, 7) is -0.234. The minimum Gasteiger partial charge on any atom is -0.484 e. The molecule has 0 spiro atoms. The molecule has 0 unspecified atom stereocenters. The fourth-order valence-electron chi connectivity index (χ4n) is 2.16. The minimum absolute atomic E-state index is 0.0428. The molecule has 26 heavy (non-hydrogen) atoms. The summed E-state index contributed by atoms with van der Waals surface area (Å²) in [5, 5.41) is 10.6. The largest absolute Gasteiger partial charge is 0.484 e. The highest BCUT2D eigenvalue weighted by Gasteiger charge is 2.15. The molecule has 140 valence electrons. The van der Waals surface area contributed by atoms with E-state index in [0.717, 1.165) is 0 Å². The molecule has 1 atom stereocenters. The molecule has 0 fully saturated rings. The summed E-state index contributed by atoms with van der Waals surface area (Å²) in [6, 6.07) is 12.3. The molecule has 0 aromatic heterocycles. The Kier molecular flexibility index (Phi) is 6.98. The Hall–Kier alpha value is -2.13. The van der Waals surface area contributed by atoms with E-state index in [2.05, 4.69) is 4.72 Å². The third kappa shape index (κ3) is 5.99. The van der Waals surface area contributed by atoms with E-state index in [4.69, 9.17) is 22.1 Å². The summed E-state index contributed by atoms with van der Waals surface area (Å²) >= 11 is 5.87. The van der Waals surface area contributed by atoms with E-state index in [1.54, 1.807) is 24.3 Å². The van der Waals surface area contributed by atoms with Gasteiger partial charge in [-0.25, -0.2) is 13.1 Å². The molecule has 2 aromatic rings. The number of benzene rings is 2. The summed E-state index contributed by atoms with van der Waals surface area (Å²) < 4.78 is 32.0. The Balaban J connectivity index is 1.90. The van der Waals surface area contributed by atoms with Crippen LogP contribution in [0.4, 0.5) is 0 Å². The number of aliphatic hydroxyl groups is 1. The Morgan fingerprint density at radius 3 is 2.54 bits per heavy atom. The van der Waals surface area contributed by atoms with E-state index in [9.17, 15) is 18.3 Å². The van der Waals surface area contributed by atoms with Crippen molar-refractivity contribution in [3.05, 3.63) is 59.1 Å². The van der Waals surface area contributed by atoms with Crippen molar-refractivity contribution in [1.29, 1.82) is 0 Å². The molecule has 0 radical (unpaired) electrons. The number of sulfonamides is 1. The molecular formula is C17H19ClN2O5S. The van der Waals surface area contributed by atoms with Crippen molar-refractivity contribution in [3.8, 4) is 5.75 Å². The van der Waals surface area contributed by atoms with Gasteiger partial charge >= 0.3 is 0 Å². The van der Waals surface area contributed by atoms with Crippen molar-refractivity contribution in [2.75, 3.05) is 13.2 Å². The first kappa shape index (κ1) is 20.2. The average molecular weight is 399 g/mol. The van der Waals surface area contributed by atoms with E-state index in [-0.39, 0.29) is 24.5 Å². The summed E-state index contributed by atoms with van der Waals surface area (Å²) in [6.07, 6.45) is -0.639. The zero-order valence-corrected chi connectivity index (χ0v) is 15.3. The molecule has 0 heterocycles. The van der Waals surface area contributed by atoms with E-state index >= 15 is 0 Å². The average Bonchev–Trinajstić information content (AvgIpc) is 2.60. The number of hydrogen-bond acceptors (Lipinski definition) is 5. The maximum atomic E-state index is 12.3. The van der Waals surface area contributed by atoms with Crippen molar-refractivity contribution >= 4 is 27.5 Å². The molecule has 7 nitrogen and oxygen atoms in total. The molecule has 2 rings (SSSR count). The van der Waals surface area contributed by atoms with Crippen LogP contribution in [0.15, 0.2) is 53.4 Å². The lowest BCUT2D eigenvalue weighted by Gasteiger charge is -2.12. The fourth-order valence-corrected chi connectivity index (χ4v) is 3.41. The van der Waals surface area contributed by atoms with Gasteiger partial charge in [0.25, 0.3) is 5.91 Å². The molecule has 1 amide bonds. The lowest BCUT2D eigenvalue weighted by molar-refractivity contribution is -0.119. The number of rotatable bonds is 9. The zero-order chi connectivity index (χ0) is 19.2. The number of carbonyl (C=O) groups is 1. The van der Waals surface area contributed by atoms with Crippen LogP contribution in [0.3, 0.4) is 0 Å². The summed E-state index contributed by atoms with van der Waals surface area (Å²) in [7, 11) is -3.73. The Bertz CT molecular complexity index is 856. The third-order valence-corrected chi connectivity index (χ3v) is 5.17. The molecule has 0 saturated heterocycles. The highest BCUT2D eigenvalue weighted by Crippen LogP contribution is 2.20. The van der Waals surface area contributed by atoms with Crippen LogP contribution in [-0.4, -0.2) is 32.6 Å². The number of nitrogens with two attached hydrogens (primary N) is 1. The van der Waals surface area contributed by atoms with Crippen molar-refractivity contribution in [2.24, 2.45) is 5.73 Å². The normalized spacial score (nSPS) is 12.5. The Morgan fingerprint density at radius 1 is 1.23 bits per heavy atom. The first-order chi connectivity index (χ1) is 12.3. The van der Waals surface area contributed by atoms with Gasteiger partial charge in [-0.2, -0.15) is 0 Å². The van der Waals surface area contributed by atoms with Crippen LogP contribution >= 0.6 is 11.6 Å². The quantitative estimate of drug-likeness (QED) is 0.592. The number of carbonyl (C=O) groups excluding carboxylic acids is 1. The first-order valence-electron chi connectivity index (χ1n) is 7.72.